The van der Waals surface area contributed by atoms with Crippen LogP contribution in [0.15, 0.2) is 36.7 Å². The second-order valence-corrected chi connectivity index (χ2v) is 7.57. The van der Waals surface area contributed by atoms with E-state index in [1.165, 1.54) is 0 Å². The normalized spacial score (nSPS) is 16.3. The molecule has 3 heterocycles. The number of carbonyl (C=O) groups excluding carboxylic acids is 2. The molecule has 144 valence electrons. The van der Waals surface area contributed by atoms with E-state index in [9.17, 15) is 9.59 Å². The Morgan fingerprint density at radius 1 is 1.26 bits per heavy atom. The maximum atomic E-state index is 12.8. The van der Waals surface area contributed by atoms with Crippen LogP contribution in [0.1, 0.15) is 44.1 Å². The van der Waals surface area contributed by atoms with Gasteiger partial charge in [0.25, 0.3) is 0 Å². The largest absolute Gasteiger partial charge is 0.340 e. The number of nitrogens with zero attached hydrogens (tertiary/aromatic N) is 5. The van der Waals surface area contributed by atoms with E-state index in [-0.39, 0.29) is 17.9 Å². The van der Waals surface area contributed by atoms with Crippen LogP contribution in [-0.4, -0.2) is 50.0 Å². The highest BCUT2D eigenvalue weighted by Crippen LogP contribution is 2.25. The van der Waals surface area contributed by atoms with Crippen LogP contribution in [0, 0.1) is 5.92 Å². The smallest absolute Gasteiger partial charge is 0.224 e. The van der Waals surface area contributed by atoms with Crippen LogP contribution in [0.2, 0.25) is 0 Å². The number of pyridine rings is 1. The molecule has 2 aromatic heterocycles. The van der Waals surface area contributed by atoms with Crippen molar-refractivity contribution in [2.24, 2.45) is 5.92 Å². The average Bonchev–Trinajstić information content (AvgIpc) is 3.10. The van der Waals surface area contributed by atoms with Crippen molar-refractivity contribution < 1.29 is 9.59 Å². The lowest BCUT2D eigenvalue weighted by Gasteiger charge is -2.34. The fourth-order valence-electron chi connectivity index (χ4n) is 3.39. The third-order valence-corrected chi connectivity index (χ3v) is 4.78. The minimum absolute atomic E-state index is 0.0188. The second-order valence-electron chi connectivity index (χ2n) is 7.57. The summed E-state index contributed by atoms with van der Waals surface area (Å²) in [5, 5.41) is 4.38. The highest BCUT2D eigenvalue weighted by molar-refractivity contribution is 5.78. The lowest BCUT2D eigenvalue weighted by molar-refractivity contribution is -0.136. The summed E-state index contributed by atoms with van der Waals surface area (Å²) in [7, 11) is 1.78. The molecule has 0 fully saturated rings. The van der Waals surface area contributed by atoms with Crippen molar-refractivity contribution in [2.45, 2.75) is 45.8 Å². The van der Waals surface area contributed by atoms with Crippen LogP contribution in [-0.2, 0) is 22.7 Å². The van der Waals surface area contributed by atoms with Crippen molar-refractivity contribution in [3.05, 3.63) is 48.0 Å². The predicted molar refractivity (Wildman–Crippen MR) is 101 cm³/mol. The van der Waals surface area contributed by atoms with Crippen LogP contribution in [0.25, 0.3) is 0 Å². The van der Waals surface area contributed by atoms with Crippen molar-refractivity contribution in [2.75, 3.05) is 13.6 Å². The number of rotatable bonds is 6. The first-order valence-corrected chi connectivity index (χ1v) is 9.38. The SMILES string of the molecule is CC(C)CC(=O)N1Cc2ccnn2[C@H](CC(=O)N(C)Cc2ccccn2)C1. The Kier molecular flexibility index (Phi) is 5.88. The van der Waals surface area contributed by atoms with E-state index in [0.29, 0.717) is 38.4 Å². The molecule has 0 radical (unpaired) electrons. The summed E-state index contributed by atoms with van der Waals surface area (Å²) < 4.78 is 1.89. The van der Waals surface area contributed by atoms with Gasteiger partial charge in [-0.1, -0.05) is 19.9 Å². The molecular weight excluding hydrogens is 342 g/mol. The molecule has 2 amide bonds. The molecule has 7 nitrogen and oxygen atoms in total. The number of hydrogen-bond donors (Lipinski definition) is 0. The third kappa shape index (κ3) is 4.72. The number of carbonyl (C=O) groups is 2. The lowest BCUT2D eigenvalue weighted by atomic mass is 10.1. The summed E-state index contributed by atoms with van der Waals surface area (Å²) in [6, 6.07) is 7.45. The van der Waals surface area contributed by atoms with Gasteiger partial charge in [0.2, 0.25) is 11.8 Å². The lowest BCUT2D eigenvalue weighted by Crippen LogP contribution is -2.43. The fraction of sp³-hybridized carbons (Fsp3) is 0.500. The van der Waals surface area contributed by atoms with Gasteiger partial charge in [0, 0.05) is 32.4 Å². The monoisotopic (exact) mass is 369 g/mol. The zero-order valence-electron chi connectivity index (χ0n) is 16.2. The molecule has 0 aliphatic carbocycles. The Hall–Kier alpha value is -2.70. The molecule has 27 heavy (non-hydrogen) atoms. The van der Waals surface area contributed by atoms with E-state index in [4.69, 9.17) is 0 Å². The van der Waals surface area contributed by atoms with Crippen LogP contribution in [0.4, 0.5) is 0 Å². The maximum Gasteiger partial charge on any atom is 0.224 e. The van der Waals surface area contributed by atoms with Gasteiger partial charge in [0.1, 0.15) is 0 Å². The molecule has 0 saturated carbocycles. The Morgan fingerprint density at radius 3 is 2.78 bits per heavy atom. The molecule has 1 aliphatic rings. The highest BCUT2D eigenvalue weighted by atomic mass is 16.2. The van der Waals surface area contributed by atoms with Crippen molar-refractivity contribution in [1.82, 2.24) is 24.6 Å². The van der Waals surface area contributed by atoms with E-state index in [1.807, 2.05) is 47.7 Å². The zero-order chi connectivity index (χ0) is 19.4. The van der Waals surface area contributed by atoms with E-state index >= 15 is 0 Å². The first kappa shape index (κ1) is 19.1. The van der Waals surface area contributed by atoms with Crippen LogP contribution >= 0.6 is 0 Å². The van der Waals surface area contributed by atoms with Gasteiger partial charge in [0.05, 0.1) is 36.9 Å². The van der Waals surface area contributed by atoms with Crippen molar-refractivity contribution >= 4 is 11.8 Å². The minimum atomic E-state index is -0.140. The van der Waals surface area contributed by atoms with Crippen LogP contribution in [0.3, 0.4) is 0 Å². The number of aromatic nitrogens is 3. The fourth-order valence-corrected chi connectivity index (χ4v) is 3.39. The van der Waals surface area contributed by atoms with Gasteiger partial charge in [0.15, 0.2) is 0 Å². The number of amides is 2. The molecule has 0 N–H and O–H groups in total. The first-order valence-electron chi connectivity index (χ1n) is 9.38. The molecule has 0 bridgehead atoms. The Morgan fingerprint density at radius 2 is 2.07 bits per heavy atom. The van der Waals surface area contributed by atoms with E-state index < -0.39 is 0 Å². The van der Waals surface area contributed by atoms with Gasteiger partial charge in [-0.15, -0.1) is 0 Å². The molecule has 0 saturated heterocycles. The number of fused-ring (bicyclic) bond motifs is 1. The highest BCUT2D eigenvalue weighted by Gasteiger charge is 2.30. The van der Waals surface area contributed by atoms with Gasteiger partial charge < -0.3 is 9.80 Å². The molecular formula is C20H27N5O2. The molecule has 1 atom stereocenters. The van der Waals surface area contributed by atoms with Gasteiger partial charge in [-0.25, -0.2) is 0 Å². The van der Waals surface area contributed by atoms with Crippen LogP contribution < -0.4 is 0 Å². The molecule has 3 rings (SSSR count). The molecule has 7 heteroatoms. The average molecular weight is 369 g/mol. The molecule has 0 unspecified atom stereocenters. The van der Waals surface area contributed by atoms with Gasteiger partial charge in [-0.3, -0.25) is 19.3 Å². The predicted octanol–water partition coefficient (Wildman–Crippen LogP) is 2.26. The molecule has 0 spiro atoms. The zero-order valence-corrected chi connectivity index (χ0v) is 16.2. The Labute approximate surface area is 160 Å². The summed E-state index contributed by atoms with van der Waals surface area (Å²) in [6.45, 7) is 5.62. The minimum Gasteiger partial charge on any atom is -0.340 e. The first-order chi connectivity index (χ1) is 12.9. The van der Waals surface area contributed by atoms with Crippen molar-refractivity contribution in [1.29, 1.82) is 0 Å². The molecule has 1 aliphatic heterocycles. The summed E-state index contributed by atoms with van der Waals surface area (Å²) in [5.74, 6) is 0.468. The summed E-state index contributed by atoms with van der Waals surface area (Å²) in [4.78, 5) is 33.1. The topological polar surface area (TPSA) is 71.3 Å². The second kappa shape index (κ2) is 8.33. The Balaban J connectivity index is 1.67. The van der Waals surface area contributed by atoms with Crippen molar-refractivity contribution in [3.8, 4) is 0 Å². The summed E-state index contributed by atoms with van der Waals surface area (Å²) in [6.07, 6.45) is 4.29. The van der Waals surface area contributed by atoms with E-state index in [1.54, 1.807) is 24.3 Å². The Bertz CT molecular complexity index is 787. The standard InChI is InChI=1S/C20H27N5O2/c1-15(2)10-20(27)24-13-17-7-9-22-25(17)18(14-24)11-19(26)23(3)12-16-6-4-5-8-21-16/h4-9,15,18H,10-14H2,1-3H3/t18-/m1/s1. The maximum absolute atomic E-state index is 12.8. The quantitative estimate of drug-likeness (QED) is 0.783. The van der Waals surface area contributed by atoms with E-state index in [0.717, 1.165) is 11.4 Å². The van der Waals surface area contributed by atoms with Gasteiger partial charge in [-0.2, -0.15) is 5.10 Å². The van der Waals surface area contributed by atoms with Gasteiger partial charge >= 0.3 is 0 Å². The van der Waals surface area contributed by atoms with Crippen molar-refractivity contribution in [3.63, 3.8) is 0 Å². The van der Waals surface area contributed by atoms with Crippen LogP contribution in [0.5, 0.6) is 0 Å². The van der Waals surface area contributed by atoms with Gasteiger partial charge in [-0.05, 0) is 24.1 Å². The third-order valence-electron chi connectivity index (χ3n) is 4.78. The molecule has 2 aromatic rings. The molecule has 0 aromatic carbocycles. The summed E-state index contributed by atoms with van der Waals surface area (Å²) in [5.41, 5.74) is 1.83. The number of hydrogen-bond acceptors (Lipinski definition) is 4. The van der Waals surface area contributed by atoms with E-state index in [2.05, 4.69) is 10.1 Å². The summed E-state index contributed by atoms with van der Waals surface area (Å²) >= 11 is 0.